The molecule has 0 aliphatic rings. The number of phenols is 1. The lowest BCUT2D eigenvalue weighted by molar-refractivity contribution is 0.0951. The molecule has 3 aromatic rings. The van der Waals surface area contributed by atoms with Gasteiger partial charge in [0.05, 0.1) is 5.56 Å². The van der Waals surface area contributed by atoms with Crippen molar-refractivity contribution in [2.24, 2.45) is 0 Å². The first kappa shape index (κ1) is 17.8. The van der Waals surface area contributed by atoms with Crippen LogP contribution in [0.4, 0.5) is 0 Å². The first-order chi connectivity index (χ1) is 12.5. The molecule has 0 saturated carbocycles. The van der Waals surface area contributed by atoms with Crippen LogP contribution in [0.2, 0.25) is 0 Å². The number of carbonyl (C=O) groups is 1. The number of phenolic OH excluding ortho intramolecular Hbond substituents is 1. The molecule has 1 aromatic carbocycles. The summed E-state index contributed by atoms with van der Waals surface area (Å²) in [6, 6.07) is 7.10. The highest BCUT2D eigenvalue weighted by atomic mass is 16.3. The van der Waals surface area contributed by atoms with Gasteiger partial charge in [0.25, 0.3) is 5.91 Å². The van der Waals surface area contributed by atoms with Crippen LogP contribution in [-0.2, 0) is 0 Å². The van der Waals surface area contributed by atoms with Crippen molar-refractivity contribution in [1.82, 2.24) is 25.2 Å². The molecule has 0 bridgehead atoms. The lowest BCUT2D eigenvalue weighted by Crippen LogP contribution is -2.27. The fourth-order valence-electron chi connectivity index (χ4n) is 2.60. The SMILES string of the molecule is CN(C)CCCNC(=O)c1cnc(-c2cc(O)c3ncccc3c2)nc1. The van der Waals surface area contributed by atoms with Gasteiger partial charge in [0.2, 0.25) is 0 Å². The van der Waals surface area contributed by atoms with Crippen molar-refractivity contribution in [1.29, 1.82) is 0 Å². The number of aromatic hydroxyl groups is 1. The van der Waals surface area contributed by atoms with E-state index in [4.69, 9.17) is 0 Å². The zero-order valence-electron chi connectivity index (χ0n) is 14.8. The van der Waals surface area contributed by atoms with E-state index < -0.39 is 0 Å². The van der Waals surface area contributed by atoms with Gasteiger partial charge in [0, 0.05) is 36.1 Å². The third-order valence-electron chi connectivity index (χ3n) is 3.92. The Bertz CT molecular complexity index is 909. The number of nitrogens with one attached hydrogen (secondary N) is 1. The van der Waals surface area contributed by atoms with E-state index in [9.17, 15) is 9.90 Å². The summed E-state index contributed by atoms with van der Waals surface area (Å²) in [4.78, 5) is 26.9. The van der Waals surface area contributed by atoms with E-state index in [1.54, 1.807) is 18.3 Å². The zero-order valence-corrected chi connectivity index (χ0v) is 14.8. The highest BCUT2D eigenvalue weighted by molar-refractivity contribution is 5.94. The van der Waals surface area contributed by atoms with Gasteiger partial charge in [-0.1, -0.05) is 6.07 Å². The minimum atomic E-state index is -0.194. The van der Waals surface area contributed by atoms with Gasteiger partial charge in [-0.3, -0.25) is 9.78 Å². The van der Waals surface area contributed by atoms with Gasteiger partial charge in [0.1, 0.15) is 11.3 Å². The lowest BCUT2D eigenvalue weighted by Gasteiger charge is -2.10. The average molecular weight is 351 g/mol. The number of aromatic nitrogens is 3. The highest BCUT2D eigenvalue weighted by Gasteiger charge is 2.10. The van der Waals surface area contributed by atoms with Crippen molar-refractivity contribution in [3.05, 3.63) is 48.4 Å². The van der Waals surface area contributed by atoms with Crippen LogP contribution in [0.3, 0.4) is 0 Å². The van der Waals surface area contributed by atoms with E-state index in [2.05, 4.69) is 25.2 Å². The van der Waals surface area contributed by atoms with E-state index in [1.165, 1.54) is 12.4 Å². The molecule has 0 radical (unpaired) electrons. The van der Waals surface area contributed by atoms with E-state index in [-0.39, 0.29) is 11.7 Å². The molecule has 0 aliphatic heterocycles. The normalized spacial score (nSPS) is 11.0. The van der Waals surface area contributed by atoms with Crippen molar-refractivity contribution >= 4 is 16.8 Å². The standard InChI is InChI=1S/C19H21N5O2/c1-24(2)8-4-7-21-19(26)15-11-22-18(23-12-15)14-9-13-5-3-6-20-17(13)16(25)10-14/h3,5-6,9-12,25H,4,7-8H2,1-2H3,(H,21,26). The fraction of sp³-hybridized carbons (Fsp3) is 0.263. The maximum atomic E-state index is 12.1. The van der Waals surface area contributed by atoms with Gasteiger partial charge in [-0.05, 0) is 45.3 Å². The molecule has 0 atom stereocenters. The number of carbonyl (C=O) groups excluding carboxylic acids is 1. The number of pyridine rings is 1. The van der Waals surface area contributed by atoms with Gasteiger partial charge in [-0.15, -0.1) is 0 Å². The number of nitrogens with zero attached hydrogens (tertiary/aromatic N) is 4. The number of fused-ring (bicyclic) bond motifs is 1. The Morgan fingerprint density at radius 1 is 1.19 bits per heavy atom. The van der Waals surface area contributed by atoms with E-state index in [1.807, 2.05) is 26.2 Å². The molecule has 134 valence electrons. The molecule has 0 unspecified atom stereocenters. The molecular weight excluding hydrogens is 330 g/mol. The molecule has 7 nitrogen and oxygen atoms in total. The van der Waals surface area contributed by atoms with Gasteiger partial charge >= 0.3 is 0 Å². The molecule has 2 aromatic heterocycles. The van der Waals surface area contributed by atoms with E-state index in [0.29, 0.717) is 29.0 Å². The molecule has 0 spiro atoms. The topological polar surface area (TPSA) is 91.2 Å². The van der Waals surface area contributed by atoms with Crippen molar-refractivity contribution in [2.45, 2.75) is 6.42 Å². The average Bonchev–Trinajstić information content (AvgIpc) is 2.65. The molecule has 2 heterocycles. The molecule has 0 fully saturated rings. The summed E-state index contributed by atoms with van der Waals surface area (Å²) in [5.41, 5.74) is 1.61. The minimum absolute atomic E-state index is 0.0735. The molecular formula is C19H21N5O2. The van der Waals surface area contributed by atoms with Crippen LogP contribution in [0.5, 0.6) is 5.75 Å². The smallest absolute Gasteiger partial charge is 0.254 e. The molecule has 26 heavy (non-hydrogen) atoms. The monoisotopic (exact) mass is 351 g/mol. The Balaban J connectivity index is 1.72. The lowest BCUT2D eigenvalue weighted by atomic mass is 10.1. The van der Waals surface area contributed by atoms with Crippen LogP contribution < -0.4 is 5.32 Å². The largest absolute Gasteiger partial charge is 0.506 e. The van der Waals surface area contributed by atoms with Crippen LogP contribution in [0.25, 0.3) is 22.3 Å². The second-order valence-electron chi connectivity index (χ2n) is 6.28. The number of hydrogen-bond acceptors (Lipinski definition) is 6. The summed E-state index contributed by atoms with van der Waals surface area (Å²) in [6.07, 6.45) is 5.49. The number of hydrogen-bond donors (Lipinski definition) is 2. The van der Waals surface area contributed by atoms with Gasteiger partial charge in [0.15, 0.2) is 5.82 Å². The summed E-state index contributed by atoms with van der Waals surface area (Å²) in [5.74, 6) is 0.320. The highest BCUT2D eigenvalue weighted by Crippen LogP contribution is 2.28. The second-order valence-corrected chi connectivity index (χ2v) is 6.28. The first-order valence-corrected chi connectivity index (χ1v) is 8.37. The molecule has 7 heteroatoms. The van der Waals surface area contributed by atoms with Crippen LogP contribution in [-0.4, -0.2) is 58.1 Å². The van der Waals surface area contributed by atoms with Crippen molar-refractivity contribution < 1.29 is 9.90 Å². The van der Waals surface area contributed by atoms with Crippen molar-refractivity contribution in [3.63, 3.8) is 0 Å². The summed E-state index contributed by atoms with van der Waals surface area (Å²) in [5, 5.41) is 13.8. The Labute approximate surface area is 151 Å². The van der Waals surface area contributed by atoms with Gasteiger partial charge in [-0.25, -0.2) is 9.97 Å². The maximum absolute atomic E-state index is 12.1. The molecule has 3 rings (SSSR count). The predicted octanol–water partition coefficient (Wildman–Crippen LogP) is 2.08. The van der Waals surface area contributed by atoms with Crippen molar-refractivity contribution in [2.75, 3.05) is 27.2 Å². The number of rotatable bonds is 6. The summed E-state index contributed by atoms with van der Waals surface area (Å²) in [6.45, 7) is 1.51. The van der Waals surface area contributed by atoms with E-state index in [0.717, 1.165) is 18.4 Å². The summed E-state index contributed by atoms with van der Waals surface area (Å²) in [7, 11) is 3.99. The molecule has 0 saturated heterocycles. The quantitative estimate of drug-likeness (QED) is 0.661. The predicted molar refractivity (Wildman–Crippen MR) is 99.9 cm³/mol. The van der Waals surface area contributed by atoms with Crippen LogP contribution in [0.15, 0.2) is 42.9 Å². The van der Waals surface area contributed by atoms with Crippen LogP contribution in [0, 0.1) is 0 Å². The van der Waals surface area contributed by atoms with E-state index >= 15 is 0 Å². The number of amides is 1. The van der Waals surface area contributed by atoms with Crippen LogP contribution in [0.1, 0.15) is 16.8 Å². The maximum Gasteiger partial charge on any atom is 0.254 e. The first-order valence-electron chi connectivity index (χ1n) is 8.37. The Kier molecular flexibility index (Phi) is 5.38. The zero-order chi connectivity index (χ0) is 18.5. The Morgan fingerprint density at radius 2 is 1.96 bits per heavy atom. The Morgan fingerprint density at radius 3 is 2.69 bits per heavy atom. The molecule has 1 amide bonds. The number of benzene rings is 1. The third kappa shape index (κ3) is 4.12. The van der Waals surface area contributed by atoms with Gasteiger partial charge < -0.3 is 15.3 Å². The third-order valence-corrected chi connectivity index (χ3v) is 3.92. The minimum Gasteiger partial charge on any atom is -0.506 e. The summed E-state index contributed by atoms with van der Waals surface area (Å²) >= 11 is 0. The fourth-order valence-corrected chi connectivity index (χ4v) is 2.60. The van der Waals surface area contributed by atoms with Crippen molar-refractivity contribution in [3.8, 4) is 17.1 Å². The second kappa shape index (κ2) is 7.88. The van der Waals surface area contributed by atoms with Crippen LogP contribution >= 0.6 is 0 Å². The molecule has 0 aliphatic carbocycles. The van der Waals surface area contributed by atoms with Gasteiger partial charge in [-0.2, -0.15) is 0 Å². The molecule has 2 N–H and O–H groups in total. The summed E-state index contributed by atoms with van der Waals surface area (Å²) < 4.78 is 0. The Hall–Kier alpha value is -3.06.